The number of likely N-dealkylation sites (tertiary alicyclic amines) is 2. The molecule has 2 fully saturated rings. The van der Waals surface area contributed by atoms with Crippen molar-refractivity contribution in [3.8, 4) is 5.75 Å². The molecule has 0 atom stereocenters. The van der Waals surface area contributed by atoms with Gasteiger partial charge in [-0.15, -0.1) is 0 Å². The van der Waals surface area contributed by atoms with E-state index in [0.717, 1.165) is 68.6 Å². The molecule has 7 nitrogen and oxygen atoms in total. The minimum Gasteiger partial charge on any atom is -0.490 e. The Labute approximate surface area is 202 Å². The van der Waals surface area contributed by atoms with Crippen LogP contribution in [0.5, 0.6) is 5.75 Å². The molecular weight excluding hydrogens is 457 g/mol. The van der Waals surface area contributed by atoms with Crippen molar-refractivity contribution in [1.82, 2.24) is 19.8 Å². The Morgan fingerprint density at radius 2 is 1.94 bits per heavy atom. The van der Waals surface area contributed by atoms with Gasteiger partial charge in [-0.3, -0.25) is 4.79 Å². The fourth-order valence-corrected chi connectivity index (χ4v) is 4.75. The van der Waals surface area contributed by atoms with Gasteiger partial charge >= 0.3 is 0 Å². The summed E-state index contributed by atoms with van der Waals surface area (Å²) in [5, 5.41) is 4.06. The number of hydrogen-bond acceptors (Lipinski definition) is 6. The molecule has 2 saturated heterocycles. The standard InChI is InChI=1S/C25H27ClFN5O2/c26-21-14-17(3-5-22(21)27)30-25-20-15-19(4-6-23(20)28-16-29-25)34-18-7-10-31(11-8-18)12-13-32-9-1-2-24(32)33/h3-6,14-16,18H,1-2,7-13H2,(H,28,29,30). The zero-order valence-corrected chi connectivity index (χ0v) is 19.6. The highest BCUT2D eigenvalue weighted by Gasteiger charge is 2.24. The van der Waals surface area contributed by atoms with Gasteiger partial charge in [0.1, 0.15) is 29.8 Å². The van der Waals surface area contributed by atoms with Crippen LogP contribution in [0.2, 0.25) is 5.02 Å². The molecule has 3 aromatic rings. The van der Waals surface area contributed by atoms with Gasteiger partial charge < -0.3 is 19.9 Å². The first-order chi connectivity index (χ1) is 16.5. The van der Waals surface area contributed by atoms with Gasteiger partial charge in [-0.05, 0) is 55.7 Å². The average Bonchev–Trinajstić information content (AvgIpc) is 3.26. The molecule has 1 aromatic heterocycles. The van der Waals surface area contributed by atoms with Gasteiger partial charge in [0.25, 0.3) is 0 Å². The van der Waals surface area contributed by atoms with Crippen LogP contribution in [-0.2, 0) is 4.79 Å². The van der Waals surface area contributed by atoms with Crippen LogP contribution >= 0.6 is 11.6 Å². The van der Waals surface area contributed by atoms with E-state index in [0.29, 0.717) is 17.9 Å². The molecule has 0 radical (unpaired) electrons. The third-order valence-electron chi connectivity index (χ3n) is 6.48. The molecule has 2 aliphatic rings. The number of fused-ring (bicyclic) bond motifs is 1. The molecule has 0 bridgehead atoms. The highest BCUT2D eigenvalue weighted by Crippen LogP contribution is 2.29. The van der Waals surface area contributed by atoms with E-state index in [1.54, 1.807) is 6.07 Å². The number of carbonyl (C=O) groups excluding carboxylic acids is 1. The zero-order valence-electron chi connectivity index (χ0n) is 18.8. The smallest absolute Gasteiger partial charge is 0.222 e. The van der Waals surface area contributed by atoms with E-state index in [9.17, 15) is 9.18 Å². The van der Waals surface area contributed by atoms with Crippen LogP contribution in [0, 0.1) is 5.82 Å². The van der Waals surface area contributed by atoms with Crippen molar-refractivity contribution >= 4 is 39.9 Å². The summed E-state index contributed by atoms with van der Waals surface area (Å²) in [5.41, 5.74) is 1.42. The quantitative estimate of drug-likeness (QED) is 0.528. The summed E-state index contributed by atoms with van der Waals surface area (Å²) >= 11 is 5.91. The number of aromatic nitrogens is 2. The lowest BCUT2D eigenvalue weighted by Crippen LogP contribution is -2.42. The fraction of sp³-hybridized carbons (Fsp3) is 0.400. The van der Waals surface area contributed by atoms with Crippen molar-refractivity contribution in [3.05, 3.63) is 53.6 Å². The summed E-state index contributed by atoms with van der Waals surface area (Å²) in [6.07, 6.45) is 5.19. The fourth-order valence-electron chi connectivity index (χ4n) is 4.57. The summed E-state index contributed by atoms with van der Waals surface area (Å²) in [6.45, 7) is 4.57. The minimum absolute atomic E-state index is 0.0470. The number of halogens is 2. The molecule has 34 heavy (non-hydrogen) atoms. The molecule has 0 spiro atoms. The number of carbonyl (C=O) groups is 1. The molecule has 0 saturated carbocycles. The van der Waals surface area contributed by atoms with Crippen molar-refractivity contribution in [2.75, 3.05) is 38.0 Å². The van der Waals surface area contributed by atoms with E-state index >= 15 is 0 Å². The molecule has 3 heterocycles. The summed E-state index contributed by atoms with van der Waals surface area (Å²) in [5.74, 6) is 1.19. The Kier molecular flexibility index (Phi) is 6.78. The Bertz CT molecular complexity index is 1190. The molecule has 178 valence electrons. The van der Waals surface area contributed by atoms with E-state index in [2.05, 4.69) is 20.2 Å². The average molecular weight is 484 g/mol. The number of rotatable bonds is 7. The van der Waals surface area contributed by atoms with Gasteiger partial charge in [0.15, 0.2) is 0 Å². The monoisotopic (exact) mass is 483 g/mol. The van der Waals surface area contributed by atoms with Crippen molar-refractivity contribution in [2.45, 2.75) is 31.8 Å². The molecule has 5 rings (SSSR count). The van der Waals surface area contributed by atoms with Gasteiger partial charge in [-0.1, -0.05) is 11.6 Å². The predicted molar refractivity (Wildman–Crippen MR) is 130 cm³/mol. The number of ether oxygens (including phenoxy) is 1. The zero-order chi connectivity index (χ0) is 23.5. The van der Waals surface area contributed by atoms with E-state index in [1.165, 1.54) is 18.5 Å². The third-order valence-corrected chi connectivity index (χ3v) is 6.77. The Morgan fingerprint density at radius 1 is 1.09 bits per heavy atom. The molecule has 1 amide bonds. The molecule has 2 aromatic carbocycles. The number of nitrogens with one attached hydrogen (secondary N) is 1. The van der Waals surface area contributed by atoms with Crippen LogP contribution in [-0.4, -0.2) is 64.5 Å². The first-order valence-corrected chi connectivity index (χ1v) is 12.1. The van der Waals surface area contributed by atoms with E-state index < -0.39 is 5.82 Å². The molecule has 9 heteroatoms. The van der Waals surface area contributed by atoms with Crippen molar-refractivity contribution in [3.63, 3.8) is 0 Å². The predicted octanol–water partition coefficient (Wildman–Crippen LogP) is 4.63. The number of hydrogen-bond donors (Lipinski definition) is 1. The molecule has 0 unspecified atom stereocenters. The largest absolute Gasteiger partial charge is 0.490 e. The van der Waals surface area contributed by atoms with Crippen LogP contribution in [0.4, 0.5) is 15.9 Å². The summed E-state index contributed by atoms with van der Waals surface area (Å²) in [4.78, 5) is 24.9. The second-order valence-electron chi connectivity index (χ2n) is 8.80. The maximum absolute atomic E-state index is 13.5. The normalized spacial score (nSPS) is 17.5. The lowest BCUT2D eigenvalue weighted by molar-refractivity contribution is -0.127. The maximum atomic E-state index is 13.5. The summed E-state index contributed by atoms with van der Waals surface area (Å²) < 4.78 is 19.8. The third kappa shape index (κ3) is 5.23. The second kappa shape index (κ2) is 10.1. The number of nitrogens with zero attached hydrogens (tertiary/aromatic N) is 4. The van der Waals surface area contributed by atoms with Gasteiger partial charge in [-0.25, -0.2) is 14.4 Å². The first kappa shape index (κ1) is 22.8. The molecular formula is C25H27ClFN5O2. The van der Waals surface area contributed by atoms with E-state index in [4.69, 9.17) is 16.3 Å². The highest BCUT2D eigenvalue weighted by molar-refractivity contribution is 6.31. The Balaban J connectivity index is 1.21. The highest BCUT2D eigenvalue weighted by atomic mass is 35.5. The minimum atomic E-state index is -0.467. The maximum Gasteiger partial charge on any atom is 0.222 e. The molecule has 0 aliphatic carbocycles. The van der Waals surface area contributed by atoms with Gasteiger partial charge in [-0.2, -0.15) is 0 Å². The molecule has 2 aliphatic heterocycles. The van der Waals surface area contributed by atoms with Crippen LogP contribution in [0.15, 0.2) is 42.7 Å². The van der Waals surface area contributed by atoms with Crippen LogP contribution in [0.1, 0.15) is 25.7 Å². The van der Waals surface area contributed by atoms with Crippen molar-refractivity contribution in [2.24, 2.45) is 0 Å². The number of benzene rings is 2. The summed E-state index contributed by atoms with van der Waals surface area (Å²) in [7, 11) is 0. The second-order valence-corrected chi connectivity index (χ2v) is 9.21. The lowest BCUT2D eigenvalue weighted by atomic mass is 10.1. The molecule has 1 N–H and O–H groups in total. The van der Waals surface area contributed by atoms with Crippen LogP contribution in [0.3, 0.4) is 0 Å². The number of amides is 1. The summed E-state index contributed by atoms with van der Waals surface area (Å²) in [6, 6.07) is 10.2. The van der Waals surface area contributed by atoms with E-state index in [-0.39, 0.29) is 17.0 Å². The number of anilines is 2. The topological polar surface area (TPSA) is 70.6 Å². The van der Waals surface area contributed by atoms with Gasteiger partial charge in [0, 0.05) is 50.2 Å². The van der Waals surface area contributed by atoms with Gasteiger partial charge in [0.2, 0.25) is 5.91 Å². The Hall–Kier alpha value is -2.97. The Morgan fingerprint density at radius 3 is 2.71 bits per heavy atom. The lowest BCUT2D eigenvalue weighted by Gasteiger charge is -2.33. The van der Waals surface area contributed by atoms with Gasteiger partial charge in [0.05, 0.1) is 10.5 Å². The van der Waals surface area contributed by atoms with Crippen LogP contribution in [0.25, 0.3) is 10.9 Å². The van der Waals surface area contributed by atoms with Crippen molar-refractivity contribution < 1.29 is 13.9 Å². The van der Waals surface area contributed by atoms with E-state index in [1.807, 2.05) is 23.1 Å². The SMILES string of the molecule is O=C1CCCN1CCN1CCC(Oc2ccc3ncnc(Nc4ccc(F)c(Cl)c4)c3c2)CC1. The number of piperidine rings is 1. The first-order valence-electron chi connectivity index (χ1n) is 11.7. The van der Waals surface area contributed by atoms with Crippen molar-refractivity contribution in [1.29, 1.82) is 0 Å². The van der Waals surface area contributed by atoms with Crippen LogP contribution < -0.4 is 10.1 Å².